The van der Waals surface area contributed by atoms with Crippen LogP contribution >= 0.6 is 23.2 Å². The maximum atomic E-state index is 13.4. The van der Waals surface area contributed by atoms with Crippen LogP contribution in [0.5, 0.6) is 5.75 Å². The molecular weight excluding hydrogens is 471 g/mol. The van der Waals surface area contributed by atoms with Crippen LogP contribution in [0.15, 0.2) is 77.7 Å². The summed E-state index contributed by atoms with van der Waals surface area (Å²) in [7, 11) is -2.56. The number of nitrogens with one attached hydrogen (secondary N) is 1. The molecule has 0 saturated heterocycles. The second kappa shape index (κ2) is 10.8. The van der Waals surface area contributed by atoms with Crippen LogP contribution in [0.1, 0.15) is 5.56 Å². The molecule has 1 amide bonds. The van der Waals surface area contributed by atoms with Gasteiger partial charge in [-0.1, -0.05) is 59.6 Å². The Labute approximate surface area is 197 Å². The van der Waals surface area contributed by atoms with Crippen molar-refractivity contribution >= 4 is 44.8 Å². The average Bonchev–Trinajstić information content (AvgIpc) is 2.77. The molecule has 168 valence electrons. The average molecular weight is 493 g/mol. The van der Waals surface area contributed by atoms with Crippen molar-refractivity contribution < 1.29 is 17.9 Å². The third-order valence-corrected chi connectivity index (χ3v) is 7.05. The van der Waals surface area contributed by atoms with Gasteiger partial charge in [0.05, 0.1) is 23.6 Å². The lowest BCUT2D eigenvalue weighted by molar-refractivity contribution is -0.116. The van der Waals surface area contributed by atoms with Crippen molar-refractivity contribution in [2.45, 2.75) is 11.3 Å². The second-order valence-electron chi connectivity index (χ2n) is 6.93. The Bertz CT molecular complexity index is 1190. The molecule has 0 aliphatic rings. The Kier molecular flexibility index (Phi) is 8.15. The number of anilines is 1. The van der Waals surface area contributed by atoms with E-state index in [1.807, 2.05) is 30.3 Å². The maximum Gasteiger partial charge on any atom is 0.243 e. The van der Waals surface area contributed by atoms with E-state index < -0.39 is 15.9 Å². The Morgan fingerprint density at radius 1 is 1.00 bits per heavy atom. The topological polar surface area (TPSA) is 75.7 Å². The zero-order valence-corrected chi connectivity index (χ0v) is 19.6. The van der Waals surface area contributed by atoms with E-state index in [1.165, 1.54) is 25.3 Å². The minimum atomic E-state index is -4.01. The largest absolute Gasteiger partial charge is 0.495 e. The molecule has 0 aliphatic carbocycles. The van der Waals surface area contributed by atoms with E-state index in [0.29, 0.717) is 22.9 Å². The molecule has 0 fully saturated rings. The number of benzene rings is 3. The molecule has 6 nitrogen and oxygen atoms in total. The van der Waals surface area contributed by atoms with Gasteiger partial charge < -0.3 is 10.1 Å². The van der Waals surface area contributed by atoms with Gasteiger partial charge in [-0.2, -0.15) is 4.31 Å². The number of carbonyl (C=O) groups is 1. The van der Waals surface area contributed by atoms with Crippen molar-refractivity contribution in [3.05, 3.63) is 88.4 Å². The van der Waals surface area contributed by atoms with Gasteiger partial charge >= 0.3 is 0 Å². The number of sulfonamides is 1. The molecule has 32 heavy (non-hydrogen) atoms. The first-order valence-electron chi connectivity index (χ1n) is 9.72. The summed E-state index contributed by atoms with van der Waals surface area (Å²) in [5.41, 5.74) is 1.44. The van der Waals surface area contributed by atoms with Gasteiger partial charge in [0.15, 0.2) is 0 Å². The molecule has 1 N–H and O–H groups in total. The number of hydrogen-bond acceptors (Lipinski definition) is 4. The fourth-order valence-corrected chi connectivity index (χ4v) is 5.00. The van der Waals surface area contributed by atoms with Gasteiger partial charge in [0, 0.05) is 17.3 Å². The van der Waals surface area contributed by atoms with E-state index in [1.54, 1.807) is 24.3 Å². The van der Waals surface area contributed by atoms with Crippen molar-refractivity contribution in [2.24, 2.45) is 0 Å². The number of rotatable bonds is 9. The third kappa shape index (κ3) is 6.23. The lowest BCUT2D eigenvalue weighted by Gasteiger charge is -2.22. The van der Waals surface area contributed by atoms with E-state index in [9.17, 15) is 13.2 Å². The third-order valence-electron chi connectivity index (χ3n) is 4.68. The zero-order chi connectivity index (χ0) is 23.1. The molecule has 0 radical (unpaired) electrons. The highest BCUT2D eigenvalue weighted by molar-refractivity contribution is 7.89. The number of hydrogen-bond donors (Lipinski definition) is 1. The fourth-order valence-electron chi connectivity index (χ4n) is 3.07. The summed E-state index contributed by atoms with van der Waals surface area (Å²) >= 11 is 12.1. The second-order valence-corrected chi connectivity index (χ2v) is 9.71. The SMILES string of the molecule is COc1ccc(S(=O)(=O)N(CCc2ccccc2)CC(=O)Nc2cccc(Cl)c2)cc1Cl. The van der Waals surface area contributed by atoms with Crippen LogP contribution < -0.4 is 10.1 Å². The molecule has 0 aliphatic heterocycles. The Hall–Kier alpha value is -2.58. The van der Waals surface area contributed by atoms with Crippen molar-refractivity contribution in [3.63, 3.8) is 0 Å². The van der Waals surface area contributed by atoms with Crippen molar-refractivity contribution in [1.82, 2.24) is 4.31 Å². The molecule has 0 heterocycles. The molecule has 0 bridgehead atoms. The lowest BCUT2D eigenvalue weighted by Crippen LogP contribution is -2.39. The van der Waals surface area contributed by atoms with Gasteiger partial charge in [0.2, 0.25) is 15.9 Å². The number of ether oxygens (including phenoxy) is 1. The van der Waals surface area contributed by atoms with Crippen LogP contribution in [0, 0.1) is 0 Å². The van der Waals surface area contributed by atoms with Crippen molar-refractivity contribution in [2.75, 3.05) is 25.5 Å². The minimum absolute atomic E-state index is 0.0214. The smallest absolute Gasteiger partial charge is 0.243 e. The minimum Gasteiger partial charge on any atom is -0.495 e. The predicted molar refractivity (Wildman–Crippen MR) is 127 cm³/mol. The van der Waals surface area contributed by atoms with Gasteiger partial charge in [0.1, 0.15) is 5.75 Å². The molecular formula is C23H22Cl2N2O4S. The zero-order valence-electron chi connectivity index (χ0n) is 17.3. The first-order valence-corrected chi connectivity index (χ1v) is 11.9. The lowest BCUT2D eigenvalue weighted by atomic mass is 10.1. The van der Waals surface area contributed by atoms with Gasteiger partial charge in [-0.05, 0) is 48.4 Å². The summed E-state index contributed by atoms with van der Waals surface area (Å²) in [6.07, 6.45) is 0.439. The number of amides is 1. The van der Waals surface area contributed by atoms with Gasteiger partial charge in [-0.3, -0.25) is 4.79 Å². The number of methoxy groups -OCH3 is 1. The Balaban J connectivity index is 1.85. The van der Waals surface area contributed by atoms with Crippen LogP contribution in [0.2, 0.25) is 10.0 Å². The van der Waals surface area contributed by atoms with Gasteiger partial charge in [0.25, 0.3) is 0 Å². The summed E-state index contributed by atoms with van der Waals surface area (Å²) in [4.78, 5) is 12.7. The molecule has 0 unspecified atom stereocenters. The van der Waals surface area contributed by atoms with E-state index in [2.05, 4.69) is 5.32 Å². The Morgan fingerprint density at radius 2 is 1.75 bits per heavy atom. The fraction of sp³-hybridized carbons (Fsp3) is 0.174. The maximum absolute atomic E-state index is 13.4. The molecule has 0 saturated carbocycles. The van der Waals surface area contributed by atoms with E-state index in [0.717, 1.165) is 9.87 Å². The molecule has 0 atom stereocenters. The summed E-state index contributed by atoms with van der Waals surface area (Å²) in [6.45, 7) is -0.260. The molecule has 9 heteroatoms. The summed E-state index contributed by atoms with van der Waals surface area (Å²) in [5, 5.41) is 3.32. The normalized spacial score (nSPS) is 11.4. The van der Waals surface area contributed by atoms with Crippen LogP contribution in [0.4, 0.5) is 5.69 Å². The highest BCUT2D eigenvalue weighted by Gasteiger charge is 2.27. The van der Waals surface area contributed by atoms with Crippen LogP contribution in [-0.2, 0) is 21.2 Å². The first kappa shape index (κ1) is 24.1. The monoisotopic (exact) mass is 492 g/mol. The van der Waals surface area contributed by atoms with E-state index in [4.69, 9.17) is 27.9 Å². The molecule has 0 spiro atoms. The van der Waals surface area contributed by atoms with E-state index in [-0.39, 0.29) is 23.0 Å². The number of nitrogens with zero attached hydrogens (tertiary/aromatic N) is 1. The highest BCUT2D eigenvalue weighted by atomic mass is 35.5. The van der Waals surface area contributed by atoms with Crippen molar-refractivity contribution in [3.8, 4) is 5.75 Å². The van der Waals surface area contributed by atoms with Gasteiger partial charge in [-0.25, -0.2) is 8.42 Å². The standard InChI is InChI=1S/C23H22Cl2N2O4S/c1-31-22-11-10-20(15-21(22)25)32(29,30)27(13-12-17-6-3-2-4-7-17)16-23(28)26-19-9-5-8-18(24)14-19/h2-11,14-15H,12-13,16H2,1H3,(H,26,28). The molecule has 0 aromatic heterocycles. The van der Waals surface area contributed by atoms with Gasteiger partial charge in [-0.15, -0.1) is 0 Å². The first-order chi connectivity index (χ1) is 15.3. The van der Waals surface area contributed by atoms with Crippen molar-refractivity contribution in [1.29, 1.82) is 0 Å². The summed E-state index contributed by atoms with van der Waals surface area (Å²) in [6, 6.07) is 20.3. The number of carbonyl (C=O) groups excluding carboxylic acids is 1. The quantitative estimate of drug-likeness (QED) is 0.462. The Morgan fingerprint density at radius 3 is 2.41 bits per heavy atom. The molecule has 3 aromatic rings. The van der Waals surface area contributed by atoms with Crippen LogP contribution in [0.3, 0.4) is 0 Å². The summed E-state index contributed by atoms with van der Waals surface area (Å²) in [5.74, 6) is -0.122. The highest BCUT2D eigenvalue weighted by Crippen LogP contribution is 2.28. The van der Waals surface area contributed by atoms with E-state index >= 15 is 0 Å². The molecule has 3 rings (SSSR count). The van der Waals surface area contributed by atoms with Crippen LogP contribution in [0.25, 0.3) is 0 Å². The van der Waals surface area contributed by atoms with Crippen LogP contribution in [-0.4, -0.2) is 38.8 Å². The molecule has 3 aromatic carbocycles. The summed E-state index contributed by atoms with van der Waals surface area (Å²) < 4.78 is 33.0. The number of halogens is 2. The predicted octanol–water partition coefficient (Wildman–Crippen LogP) is 4.87.